The van der Waals surface area contributed by atoms with Gasteiger partial charge in [0.25, 0.3) is 0 Å². The molecule has 0 radical (unpaired) electrons. The molecule has 0 saturated heterocycles. The molecule has 0 aromatic rings. The molecule has 0 saturated carbocycles. The summed E-state index contributed by atoms with van der Waals surface area (Å²) in [5.41, 5.74) is 0. The molecule has 5 nitrogen and oxygen atoms in total. The lowest BCUT2D eigenvalue weighted by Crippen LogP contribution is -1.97. The molecule has 2 N–H and O–H groups in total. The fourth-order valence-electron chi connectivity index (χ4n) is 0.231. The molecule has 0 aromatic heterocycles. The minimum absolute atomic E-state index is 0.740. The third-order valence-corrected chi connectivity index (χ3v) is 1.19. The maximum atomic E-state index is 9.25. The Labute approximate surface area is 112 Å². The van der Waals surface area contributed by atoms with Gasteiger partial charge in [-0.1, -0.05) is 13.2 Å². The van der Waals surface area contributed by atoms with E-state index in [4.69, 9.17) is 14.9 Å². The summed E-state index contributed by atoms with van der Waals surface area (Å²) in [6.07, 6.45) is 1.67. The van der Waals surface area contributed by atoms with Crippen molar-refractivity contribution in [3.8, 4) is 0 Å². The lowest BCUT2D eigenvalue weighted by Gasteiger charge is -1.94. The molecule has 0 spiro atoms. The number of carboxylic acid groups (broad SMARTS) is 2. The Morgan fingerprint density at radius 1 is 1.00 bits per heavy atom. The van der Waals surface area contributed by atoms with E-state index < -0.39 is 11.9 Å². The highest BCUT2D eigenvalue weighted by atomic mass is 32.1. The zero-order valence-electron chi connectivity index (χ0n) is 9.41. The van der Waals surface area contributed by atoms with Crippen LogP contribution in [0, 0.1) is 0 Å². The predicted octanol–water partition coefficient (Wildman–Crippen LogP) is 1.38. The first-order valence-electron chi connectivity index (χ1n) is 4.46. The van der Waals surface area contributed by atoms with Gasteiger partial charge in [0.15, 0.2) is 0 Å². The summed E-state index contributed by atoms with van der Waals surface area (Å²) in [7, 11) is 0. The van der Waals surface area contributed by atoms with Crippen molar-refractivity contribution in [1.29, 1.82) is 0 Å². The first-order chi connectivity index (χ1) is 7.95. The van der Waals surface area contributed by atoms with Crippen LogP contribution in [0.25, 0.3) is 0 Å². The van der Waals surface area contributed by atoms with Crippen LogP contribution in [0.2, 0.25) is 0 Å². The van der Waals surface area contributed by atoms with Crippen molar-refractivity contribution >= 4 is 37.2 Å². The molecular formula is C10H18O5S2. The summed E-state index contributed by atoms with van der Waals surface area (Å²) in [6, 6.07) is 0. The Morgan fingerprint density at radius 2 is 1.24 bits per heavy atom. The average Bonchev–Trinajstić information content (AvgIpc) is 2.31. The molecule has 17 heavy (non-hydrogen) atoms. The van der Waals surface area contributed by atoms with E-state index in [1.807, 2.05) is 0 Å². The van der Waals surface area contributed by atoms with E-state index in [9.17, 15) is 9.59 Å². The largest absolute Gasteiger partial charge is 0.478 e. The minimum Gasteiger partial charge on any atom is -0.478 e. The van der Waals surface area contributed by atoms with E-state index in [1.54, 1.807) is 0 Å². The topological polar surface area (TPSA) is 83.8 Å². The molecule has 0 aliphatic heterocycles. The second kappa shape index (κ2) is 20.5. The summed E-state index contributed by atoms with van der Waals surface area (Å²) in [6.45, 7) is 7.40. The van der Waals surface area contributed by atoms with E-state index in [2.05, 4.69) is 38.4 Å². The van der Waals surface area contributed by atoms with Crippen molar-refractivity contribution < 1.29 is 24.5 Å². The smallest absolute Gasteiger partial charge is 0.327 e. The summed E-state index contributed by atoms with van der Waals surface area (Å²) in [5.74, 6) is -0.364. The Hall–Kier alpha value is -0.920. The predicted molar refractivity (Wildman–Crippen MR) is 74.2 cm³/mol. The van der Waals surface area contributed by atoms with Crippen LogP contribution >= 0.6 is 25.3 Å². The summed E-state index contributed by atoms with van der Waals surface area (Å²) in [4.78, 5) is 18.5. The monoisotopic (exact) mass is 282 g/mol. The zero-order chi connectivity index (χ0) is 14.1. The van der Waals surface area contributed by atoms with Crippen LogP contribution < -0.4 is 0 Å². The number of carbonyl (C=O) groups is 2. The standard InChI is InChI=1S/C4H10OS2.2C3H4O2/c6-3-1-5-2-4-7;2*1-2-3(4)5/h6-7H,1-4H2;2*2H,1H2,(H,4,5). The fraction of sp³-hybridized carbons (Fsp3) is 0.400. The number of rotatable bonds is 6. The van der Waals surface area contributed by atoms with Gasteiger partial charge in [0, 0.05) is 23.7 Å². The molecule has 0 atom stereocenters. The Bertz CT molecular complexity index is 197. The highest BCUT2D eigenvalue weighted by Gasteiger charge is 1.78. The number of hydrogen-bond donors (Lipinski definition) is 4. The molecular weight excluding hydrogens is 264 g/mol. The van der Waals surface area contributed by atoms with Gasteiger partial charge in [-0.05, 0) is 0 Å². The van der Waals surface area contributed by atoms with Crippen LogP contribution in [0.4, 0.5) is 0 Å². The van der Waals surface area contributed by atoms with Crippen LogP contribution in [0.15, 0.2) is 25.3 Å². The third-order valence-electron chi connectivity index (χ3n) is 0.820. The Balaban J connectivity index is -0.000000177. The SMILES string of the molecule is C=CC(=O)O.C=CC(=O)O.SCCOCCS. The molecule has 0 heterocycles. The van der Waals surface area contributed by atoms with Gasteiger partial charge in [-0.15, -0.1) is 0 Å². The molecule has 0 rings (SSSR count). The van der Waals surface area contributed by atoms with Crippen LogP contribution in [0.1, 0.15) is 0 Å². The van der Waals surface area contributed by atoms with E-state index in [-0.39, 0.29) is 0 Å². The van der Waals surface area contributed by atoms with Crippen molar-refractivity contribution in [2.75, 3.05) is 24.7 Å². The number of aliphatic carboxylic acids is 2. The Morgan fingerprint density at radius 3 is 1.35 bits per heavy atom. The van der Waals surface area contributed by atoms with E-state index in [1.165, 1.54) is 0 Å². The van der Waals surface area contributed by atoms with E-state index in [0.717, 1.165) is 36.9 Å². The number of ether oxygens (including phenoxy) is 1. The summed E-state index contributed by atoms with van der Waals surface area (Å²) in [5, 5.41) is 15.2. The summed E-state index contributed by atoms with van der Waals surface area (Å²) >= 11 is 7.89. The van der Waals surface area contributed by atoms with Gasteiger partial charge in [-0.3, -0.25) is 0 Å². The van der Waals surface area contributed by atoms with Gasteiger partial charge >= 0.3 is 11.9 Å². The quantitative estimate of drug-likeness (QED) is 0.336. The minimum atomic E-state index is -0.981. The molecule has 0 aliphatic carbocycles. The molecule has 0 aromatic carbocycles. The number of carboxylic acids is 2. The van der Waals surface area contributed by atoms with Gasteiger partial charge in [0.05, 0.1) is 13.2 Å². The molecule has 0 aliphatic rings. The first kappa shape index (κ1) is 21.4. The molecule has 0 fully saturated rings. The Kier molecular flexibility index (Phi) is 25.8. The van der Waals surface area contributed by atoms with E-state index >= 15 is 0 Å². The number of hydrogen-bond acceptors (Lipinski definition) is 5. The van der Waals surface area contributed by atoms with Crippen molar-refractivity contribution in [3.05, 3.63) is 25.3 Å². The normalized spacial score (nSPS) is 7.65. The highest BCUT2D eigenvalue weighted by molar-refractivity contribution is 7.80. The van der Waals surface area contributed by atoms with Gasteiger partial charge in [0.2, 0.25) is 0 Å². The second-order valence-corrected chi connectivity index (χ2v) is 3.04. The molecule has 0 amide bonds. The summed E-state index contributed by atoms with van der Waals surface area (Å²) < 4.78 is 4.98. The highest BCUT2D eigenvalue weighted by Crippen LogP contribution is 1.79. The fourth-order valence-corrected chi connectivity index (χ4v) is 0.489. The van der Waals surface area contributed by atoms with Crippen LogP contribution in [0.3, 0.4) is 0 Å². The maximum Gasteiger partial charge on any atom is 0.327 e. The number of thiol groups is 2. The first-order valence-corrected chi connectivity index (χ1v) is 5.72. The molecule has 0 unspecified atom stereocenters. The van der Waals surface area contributed by atoms with E-state index in [0.29, 0.717) is 0 Å². The molecule has 7 heteroatoms. The third kappa shape index (κ3) is 51.5. The van der Waals surface area contributed by atoms with Gasteiger partial charge in [0.1, 0.15) is 0 Å². The van der Waals surface area contributed by atoms with Crippen molar-refractivity contribution in [2.45, 2.75) is 0 Å². The van der Waals surface area contributed by atoms with Gasteiger partial charge < -0.3 is 14.9 Å². The zero-order valence-corrected chi connectivity index (χ0v) is 11.2. The van der Waals surface area contributed by atoms with Crippen molar-refractivity contribution in [2.24, 2.45) is 0 Å². The second-order valence-electron chi connectivity index (χ2n) is 2.14. The lowest BCUT2D eigenvalue weighted by atomic mass is 10.7. The molecule has 100 valence electrons. The van der Waals surface area contributed by atoms with Crippen LogP contribution in [0.5, 0.6) is 0 Å². The van der Waals surface area contributed by atoms with Gasteiger partial charge in [-0.25, -0.2) is 9.59 Å². The van der Waals surface area contributed by atoms with Crippen molar-refractivity contribution in [3.63, 3.8) is 0 Å². The average molecular weight is 282 g/mol. The maximum absolute atomic E-state index is 9.25. The van der Waals surface area contributed by atoms with Crippen molar-refractivity contribution in [1.82, 2.24) is 0 Å². The van der Waals surface area contributed by atoms with Crippen LogP contribution in [-0.2, 0) is 14.3 Å². The van der Waals surface area contributed by atoms with Gasteiger partial charge in [-0.2, -0.15) is 25.3 Å². The van der Waals surface area contributed by atoms with Crippen LogP contribution in [-0.4, -0.2) is 46.9 Å². The molecule has 0 bridgehead atoms. The lowest BCUT2D eigenvalue weighted by molar-refractivity contribution is -0.132.